The Balaban J connectivity index is 0.000000583. The second kappa shape index (κ2) is 11.7. The summed E-state index contributed by atoms with van der Waals surface area (Å²) in [5.41, 5.74) is -1.07. The first kappa shape index (κ1) is 21.1. The quantitative estimate of drug-likeness (QED) is 0.407. The molecule has 2 nitrogen and oxygen atoms in total. The second-order valence-electron chi connectivity index (χ2n) is 4.02. The average Bonchev–Trinajstić information content (AvgIpc) is 2.39. The van der Waals surface area contributed by atoms with E-state index in [0.717, 1.165) is 12.8 Å². The van der Waals surface area contributed by atoms with E-state index in [1.165, 1.54) is 11.1 Å². The maximum atomic E-state index is 9.29. The average molecular weight is 344 g/mol. The van der Waals surface area contributed by atoms with Crippen LogP contribution in [0.4, 0.5) is 0 Å². The third-order valence-corrected chi connectivity index (χ3v) is 2.34. The van der Waals surface area contributed by atoms with Crippen molar-refractivity contribution in [2.24, 2.45) is 0 Å². The Morgan fingerprint density at radius 1 is 0.857 bits per heavy atom. The van der Waals surface area contributed by atoms with Crippen molar-refractivity contribution in [2.45, 2.75) is 12.8 Å². The SMILES string of the molecule is [C+2](Cc1ccccc1)Cc1ccccc1.[Na+].[O-]P([O-])(=S)[S-]. The van der Waals surface area contributed by atoms with Gasteiger partial charge in [0.05, 0.1) is 11.1 Å². The molecular weight excluding hydrogens is 330 g/mol. The van der Waals surface area contributed by atoms with Gasteiger partial charge < -0.3 is 27.7 Å². The summed E-state index contributed by atoms with van der Waals surface area (Å²) in [7, 11) is 0. The van der Waals surface area contributed by atoms with E-state index < -0.39 is 5.69 Å². The van der Waals surface area contributed by atoms with Gasteiger partial charge in [-0.15, -0.1) is 0 Å². The summed E-state index contributed by atoms with van der Waals surface area (Å²) in [6, 6.07) is 20.9. The Morgan fingerprint density at radius 3 is 1.43 bits per heavy atom. The van der Waals surface area contributed by atoms with Crippen LogP contribution in [0.5, 0.6) is 0 Å². The van der Waals surface area contributed by atoms with Gasteiger partial charge in [-0.25, -0.2) is 0 Å². The first-order valence-electron chi connectivity index (χ1n) is 5.97. The molecular formula is C15H14NaO2PS2. The monoisotopic (exact) mass is 344 g/mol. The molecule has 104 valence electrons. The van der Waals surface area contributed by atoms with Crippen LogP contribution < -0.4 is 39.3 Å². The van der Waals surface area contributed by atoms with Crippen molar-refractivity contribution in [2.75, 3.05) is 0 Å². The van der Waals surface area contributed by atoms with Gasteiger partial charge in [0.2, 0.25) is 0 Å². The van der Waals surface area contributed by atoms with Crippen LogP contribution in [0.2, 0.25) is 0 Å². The van der Waals surface area contributed by atoms with E-state index in [-0.39, 0.29) is 29.6 Å². The van der Waals surface area contributed by atoms with Gasteiger partial charge in [0.1, 0.15) is 0 Å². The molecule has 0 amide bonds. The minimum atomic E-state index is -3.72. The maximum Gasteiger partial charge on any atom is 1.00 e. The van der Waals surface area contributed by atoms with Gasteiger partial charge in [-0.1, -0.05) is 36.4 Å². The molecule has 0 aliphatic heterocycles. The van der Waals surface area contributed by atoms with Crippen LogP contribution in [0.3, 0.4) is 0 Å². The van der Waals surface area contributed by atoms with Crippen LogP contribution in [0.25, 0.3) is 0 Å². The van der Waals surface area contributed by atoms with Gasteiger partial charge in [-0.2, -0.15) is 11.8 Å². The Bertz CT molecular complexity index is 484. The first-order chi connectivity index (χ1) is 9.45. The van der Waals surface area contributed by atoms with Gasteiger partial charge in [0.15, 0.2) is 0 Å². The topological polar surface area (TPSA) is 46.1 Å². The Hall–Kier alpha value is 0.140. The molecule has 2 aromatic carbocycles. The molecule has 6 heteroatoms. The molecule has 0 saturated heterocycles. The molecule has 0 saturated carbocycles. The number of hydrogen-bond donors (Lipinski definition) is 0. The molecule has 0 radical (unpaired) electrons. The molecule has 0 N–H and O–H groups in total. The van der Waals surface area contributed by atoms with E-state index in [4.69, 9.17) is 0 Å². The predicted molar refractivity (Wildman–Crippen MR) is 85.2 cm³/mol. The number of hydrogen-bond acceptors (Lipinski definition) is 4. The Morgan fingerprint density at radius 2 is 1.14 bits per heavy atom. The second-order valence-corrected chi connectivity index (χ2v) is 8.49. The van der Waals surface area contributed by atoms with Crippen molar-refractivity contribution in [3.63, 3.8) is 0 Å². The van der Waals surface area contributed by atoms with E-state index in [0.29, 0.717) is 0 Å². The molecule has 0 atom stereocenters. The van der Waals surface area contributed by atoms with Gasteiger partial charge in [-0.3, -0.25) is 0 Å². The minimum absolute atomic E-state index is 0. The van der Waals surface area contributed by atoms with Gasteiger partial charge in [0.25, 0.3) is 0 Å². The number of rotatable bonds is 4. The molecule has 0 aliphatic carbocycles. The summed E-state index contributed by atoms with van der Waals surface area (Å²) in [6.07, 6.45) is 5.27. The van der Waals surface area contributed by atoms with Crippen LogP contribution in [-0.4, -0.2) is 0 Å². The largest absolute Gasteiger partial charge is 1.00 e. The molecule has 0 fully saturated rings. The molecule has 0 aliphatic rings. The summed E-state index contributed by atoms with van der Waals surface area (Å²) in [6.45, 7) is 0. The summed E-state index contributed by atoms with van der Waals surface area (Å²) in [5.74, 6) is 0. The molecule has 0 heterocycles. The van der Waals surface area contributed by atoms with Crippen LogP contribution in [0.15, 0.2) is 60.7 Å². The van der Waals surface area contributed by atoms with Crippen molar-refractivity contribution in [1.82, 2.24) is 0 Å². The molecule has 0 aromatic heterocycles. The number of benzene rings is 2. The normalized spacial score (nSPS) is 9.67. The van der Waals surface area contributed by atoms with Crippen molar-refractivity contribution in [1.29, 1.82) is 0 Å². The molecule has 2 aromatic rings. The zero-order valence-electron chi connectivity index (χ0n) is 11.8. The smallest absolute Gasteiger partial charge is 0.850 e. The standard InChI is InChI=1S/C15H14.Na.H3O2PS2/c1-3-8-14(9-4-1)12-7-13-15-10-5-2-6-11-15;;1-3(2,4)5/h1-6,8-11H,12-13H2;;(H3,1,2,4,5)/q+2;+1;/p-3. The van der Waals surface area contributed by atoms with Crippen LogP contribution in [-0.2, 0) is 36.9 Å². The van der Waals surface area contributed by atoms with Gasteiger partial charge in [0, 0.05) is 0 Å². The van der Waals surface area contributed by atoms with Crippen molar-refractivity contribution in [3.8, 4) is 0 Å². The zero-order chi connectivity index (χ0) is 14.8. The van der Waals surface area contributed by atoms with Gasteiger partial charge in [-0.05, 0) is 24.3 Å². The fourth-order valence-corrected chi connectivity index (χ4v) is 1.54. The van der Waals surface area contributed by atoms with Crippen molar-refractivity contribution < 1.29 is 39.3 Å². The molecule has 0 unspecified atom stereocenters. The van der Waals surface area contributed by atoms with Crippen LogP contribution in [0, 0.1) is 6.42 Å². The van der Waals surface area contributed by atoms with E-state index in [2.05, 4.69) is 79.0 Å². The third kappa shape index (κ3) is 13.5. The van der Waals surface area contributed by atoms with Crippen LogP contribution in [0.1, 0.15) is 11.1 Å². The fourth-order valence-electron chi connectivity index (χ4n) is 1.54. The van der Waals surface area contributed by atoms with E-state index >= 15 is 0 Å². The maximum absolute atomic E-state index is 9.29. The van der Waals surface area contributed by atoms with E-state index in [9.17, 15) is 9.79 Å². The first-order valence-corrected chi connectivity index (χ1v) is 9.62. The van der Waals surface area contributed by atoms with E-state index in [1.54, 1.807) is 0 Å². The zero-order valence-corrected chi connectivity index (χ0v) is 16.3. The molecule has 0 spiro atoms. The predicted octanol–water partition coefficient (Wildman–Crippen LogP) is -0.965. The summed E-state index contributed by atoms with van der Waals surface area (Å²) < 4.78 is 0. The van der Waals surface area contributed by atoms with Crippen molar-refractivity contribution in [3.05, 3.63) is 78.2 Å². The van der Waals surface area contributed by atoms with E-state index in [1.807, 2.05) is 12.1 Å². The third-order valence-electron chi connectivity index (χ3n) is 2.34. The van der Waals surface area contributed by atoms with Crippen molar-refractivity contribution >= 4 is 29.7 Å². The summed E-state index contributed by atoms with van der Waals surface area (Å²) >= 11 is 7.28. The van der Waals surface area contributed by atoms with Gasteiger partial charge >= 0.3 is 48.8 Å². The Labute approximate surface area is 159 Å². The summed E-state index contributed by atoms with van der Waals surface area (Å²) in [5, 5.41) is 0. The molecule has 2 rings (SSSR count). The molecule has 21 heavy (non-hydrogen) atoms. The van der Waals surface area contributed by atoms with Crippen LogP contribution >= 0.6 is 5.69 Å². The Kier molecular flexibility index (Phi) is 11.8. The minimum Gasteiger partial charge on any atom is -0.850 e. The fraction of sp³-hybridized carbons (Fsp3) is 0.133. The summed E-state index contributed by atoms with van der Waals surface area (Å²) in [4.78, 5) is 18.6. The molecule has 0 bridgehead atoms.